The Morgan fingerprint density at radius 2 is 2.00 bits per heavy atom. The Labute approximate surface area is 187 Å². The lowest BCUT2D eigenvalue weighted by molar-refractivity contribution is -0.0175. The SMILES string of the molecule is CN=C(NCC(C)N1CCOCC1C)N1CCN(c2cccc(C)c2)CC1.I. The molecule has 1 aromatic rings. The molecule has 0 spiro atoms. The van der Waals surface area contributed by atoms with Gasteiger partial charge in [0.25, 0.3) is 0 Å². The van der Waals surface area contributed by atoms with Crippen LogP contribution < -0.4 is 10.2 Å². The number of guanidine groups is 1. The number of ether oxygens (including phenoxy) is 1. The average molecular weight is 501 g/mol. The van der Waals surface area contributed by atoms with Gasteiger partial charge in [-0.25, -0.2) is 0 Å². The van der Waals surface area contributed by atoms with Crippen molar-refractivity contribution in [3.05, 3.63) is 29.8 Å². The van der Waals surface area contributed by atoms with Gasteiger partial charge in [-0.2, -0.15) is 0 Å². The van der Waals surface area contributed by atoms with Crippen molar-refractivity contribution in [2.45, 2.75) is 32.9 Å². The molecule has 1 aromatic carbocycles. The number of anilines is 1. The predicted octanol–water partition coefficient (Wildman–Crippen LogP) is 2.42. The van der Waals surface area contributed by atoms with Crippen molar-refractivity contribution in [2.24, 2.45) is 4.99 Å². The fourth-order valence-corrected chi connectivity index (χ4v) is 4.08. The number of hydrogen-bond acceptors (Lipinski definition) is 4. The van der Waals surface area contributed by atoms with Gasteiger partial charge < -0.3 is 19.9 Å². The summed E-state index contributed by atoms with van der Waals surface area (Å²) >= 11 is 0. The van der Waals surface area contributed by atoms with Crippen molar-refractivity contribution in [3.8, 4) is 0 Å². The molecule has 2 fully saturated rings. The van der Waals surface area contributed by atoms with Gasteiger partial charge in [0.05, 0.1) is 13.2 Å². The minimum atomic E-state index is 0. The van der Waals surface area contributed by atoms with Gasteiger partial charge in [0.15, 0.2) is 5.96 Å². The topological polar surface area (TPSA) is 43.3 Å². The van der Waals surface area contributed by atoms with E-state index in [1.807, 2.05) is 7.05 Å². The van der Waals surface area contributed by atoms with Crippen molar-refractivity contribution in [1.29, 1.82) is 0 Å². The maximum Gasteiger partial charge on any atom is 0.193 e. The second-order valence-corrected chi connectivity index (χ2v) is 7.75. The molecule has 0 amide bonds. The molecule has 0 aromatic heterocycles. The van der Waals surface area contributed by atoms with Crippen molar-refractivity contribution in [3.63, 3.8) is 0 Å². The highest BCUT2D eigenvalue weighted by molar-refractivity contribution is 14.0. The van der Waals surface area contributed by atoms with Crippen LogP contribution in [-0.2, 0) is 4.74 Å². The summed E-state index contributed by atoms with van der Waals surface area (Å²) < 4.78 is 5.56. The number of morpholine rings is 1. The van der Waals surface area contributed by atoms with E-state index in [1.165, 1.54) is 11.3 Å². The van der Waals surface area contributed by atoms with E-state index in [1.54, 1.807) is 0 Å². The van der Waals surface area contributed by atoms with Crippen LogP contribution >= 0.6 is 24.0 Å². The van der Waals surface area contributed by atoms with Crippen LogP contribution in [0.2, 0.25) is 0 Å². The van der Waals surface area contributed by atoms with Gasteiger partial charge in [-0.3, -0.25) is 9.89 Å². The summed E-state index contributed by atoms with van der Waals surface area (Å²) in [4.78, 5) is 11.9. The van der Waals surface area contributed by atoms with Gasteiger partial charge >= 0.3 is 0 Å². The van der Waals surface area contributed by atoms with Crippen LogP contribution in [0.25, 0.3) is 0 Å². The van der Waals surface area contributed by atoms with E-state index in [9.17, 15) is 0 Å². The summed E-state index contributed by atoms with van der Waals surface area (Å²) in [5.41, 5.74) is 2.64. The Hall–Kier alpha value is -1.06. The Morgan fingerprint density at radius 1 is 1.25 bits per heavy atom. The molecule has 158 valence electrons. The highest BCUT2D eigenvalue weighted by Gasteiger charge is 2.25. The molecule has 28 heavy (non-hydrogen) atoms. The smallest absolute Gasteiger partial charge is 0.193 e. The van der Waals surface area contributed by atoms with E-state index >= 15 is 0 Å². The monoisotopic (exact) mass is 501 g/mol. The van der Waals surface area contributed by atoms with Crippen LogP contribution in [0.5, 0.6) is 0 Å². The fraction of sp³-hybridized carbons (Fsp3) is 0.667. The maximum atomic E-state index is 5.56. The first-order chi connectivity index (χ1) is 13.1. The number of benzene rings is 1. The molecule has 0 radical (unpaired) electrons. The summed E-state index contributed by atoms with van der Waals surface area (Å²) in [5, 5.41) is 3.60. The summed E-state index contributed by atoms with van der Waals surface area (Å²) in [7, 11) is 1.89. The molecule has 0 bridgehead atoms. The number of hydrogen-bond donors (Lipinski definition) is 1. The first-order valence-electron chi connectivity index (χ1n) is 10.2. The van der Waals surface area contributed by atoms with Gasteiger partial charge in [0, 0.05) is 64.1 Å². The van der Waals surface area contributed by atoms with E-state index in [0.717, 1.165) is 58.4 Å². The third kappa shape index (κ3) is 5.97. The summed E-state index contributed by atoms with van der Waals surface area (Å²) in [5.74, 6) is 1.02. The minimum absolute atomic E-state index is 0. The van der Waals surface area contributed by atoms with Gasteiger partial charge in [-0.1, -0.05) is 12.1 Å². The number of nitrogens with zero attached hydrogens (tertiary/aromatic N) is 4. The molecule has 2 unspecified atom stereocenters. The van der Waals surface area contributed by atoms with E-state index in [4.69, 9.17) is 4.74 Å². The van der Waals surface area contributed by atoms with Crippen molar-refractivity contribution >= 4 is 35.6 Å². The summed E-state index contributed by atoms with van der Waals surface area (Å²) in [6, 6.07) is 9.73. The first-order valence-corrected chi connectivity index (χ1v) is 10.2. The second kappa shape index (κ2) is 11.2. The first kappa shape index (κ1) is 23.2. The van der Waals surface area contributed by atoms with E-state index < -0.39 is 0 Å². The highest BCUT2D eigenvalue weighted by Crippen LogP contribution is 2.18. The predicted molar refractivity (Wildman–Crippen MR) is 128 cm³/mol. The van der Waals surface area contributed by atoms with E-state index in [0.29, 0.717) is 12.1 Å². The molecule has 0 aliphatic carbocycles. The third-order valence-electron chi connectivity index (χ3n) is 5.70. The molecule has 1 N–H and O–H groups in total. The molecule has 2 aliphatic rings. The molecule has 0 saturated carbocycles. The van der Waals surface area contributed by atoms with Gasteiger partial charge in [0.1, 0.15) is 0 Å². The molecular weight excluding hydrogens is 465 g/mol. The number of rotatable bonds is 4. The number of piperazine rings is 1. The average Bonchev–Trinajstić information content (AvgIpc) is 2.69. The van der Waals surface area contributed by atoms with Crippen LogP contribution in [0.4, 0.5) is 5.69 Å². The summed E-state index contributed by atoms with van der Waals surface area (Å²) in [6.45, 7) is 14.3. The molecule has 6 nitrogen and oxygen atoms in total. The maximum absolute atomic E-state index is 5.56. The Balaban J connectivity index is 0.00000280. The quantitative estimate of drug-likeness (QED) is 0.390. The van der Waals surface area contributed by atoms with Crippen LogP contribution in [-0.4, -0.2) is 87.4 Å². The lowest BCUT2D eigenvalue weighted by Gasteiger charge is -2.40. The zero-order valence-electron chi connectivity index (χ0n) is 17.7. The lowest BCUT2D eigenvalue weighted by Crippen LogP contribution is -2.56. The fourth-order valence-electron chi connectivity index (χ4n) is 4.08. The van der Waals surface area contributed by atoms with E-state index in [-0.39, 0.29) is 24.0 Å². The minimum Gasteiger partial charge on any atom is -0.379 e. The number of aryl methyl sites for hydroxylation is 1. The second-order valence-electron chi connectivity index (χ2n) is 7.75. The van der Waals surface area contributed by atoms with Crippen LogP contribution in [0.1, 0.15) is 19.4 Å². The van der Waals surface area contributed by atoms with Gasteiger partial charge in [-0.05, 0) is 38.5 Å². The number of nitrogens with one attached hydrogen (secondary N) is 1. The van der Waals surface area contributed by atoms with Gasteiger partial charge in [0.2, 0.25) is 0 Å². The molecule has 2 heterocycles. The van der Waals surface area contributed by atoms with Crippen LogP contribution in [0.15, 0.2) is 29.3 Å². The zero-order valence-corrected chi connectivity index (χ0v) is 20.1. The normalized spacial score (nSPS) is 22.6. The molecule has 2 atom stereocenters. The lowest BCUT2D eigenvalue weighted by atomic mass is 10.2. The van der Waals surface area contributed by atoms with E-state index in [2.05, 4.69) is 70.0 Å². The Morgan fingerprint density at radius 3 is 2.64 bits per heavy atom. The molecule has 2 aliphatic heterocycles. The standard InChI is InChI=1S/C21H35N5O.HI/c1-17-6-5-7-20(14-17)24-8-10-25(11-9-24)21(22-4)23-15-18(2)26-12-13-27-16-19(26)3;/h5-7,14,18-19H,8-13,15-16H2,1-4H3,(H,22,23);1H. The largest absolute Gasteiger partial charge is 0.379 e. The Kier molecular flexibility index (Phi) is 9.30. The van der Waals surface area contributed by atoms with Gasteiger partial charge in [-0.15, -0.1) is 24.0 Å². The van der Waals surface area contributed by atoms with Crippen molar-refractivity contribution in [2.75, 3.05) is 64.4 Å². The Bertz CT molecular complexity index is 633. The highest BCUT2D eigenvalue weighted by atomic mass is 127. The van der Waals surface area contributed by atoms with Crippen molar-refractivity contribution in [1.82, 2.24) is 15.1 Å². The molecule has 7 heteroatoms. The number of aliphatic imine (C=N–C) groups is 1. The zero-order chi connectivity index (χ0) is 19.2. The van der Waals surface area contributed by atoms with Crippen molar-refractivity contribution < 1.29 is 4.74 Å². The van der Waals surface area contributed by atoms with Crippen LogP contribution in [0, 0.1) is 6.92 Å². The summed E-state index contributed by atoms with van der Waals surface area (Å²) in [6.07, 6.45) is 0. The van der Waals surface area contributed by atoms with Crippen LogP contribution in [0.3, 0.4) is 0 Å². The molecule has 3 rings (SSSR count). The number of halogens is 1. The molecule has 2 saturated heterocycles. The third-order valence-corrected chi connectivity index (χ3v) is 5.70. The molecular formula is C21H36IN5O.